The van der Waals surface area contributed by atoms with Crippen LogP contribution in [0.4, 0.5) is 0 Å². The molecule has 3 nitrogen and oxygen atoms in total. The quantitative estimate of drug-likeness (QED) is 0.754. The summed E-state index contributed by atoms with van der Waals surface area (Å²) in [5.41, 5.74) is 1.31. The van der Waals surface area contributed by atoms with Gasteiger partial charge in [0.2, 0.25) is 0 Å². The molecule has 1 N–H and O–H groups in total. The maximum absolute atomic E-state index is 4.36. The van der Waals surface area contributed by atoms with Crippen molar-refractivity contribution in [1.29, 1.82) is 0 Å². The fourth-order valence-corrected chi connectivity index (χ4v) is 1.57. The molecule has 0 amide bonds. The molecule has 0 bridgehead atoms. The van der Waals surface area contributed by atoms with Crippen LogP contribution in [0, 0.1) is 0 Å². The zero-order chi connectivity index (χ0) is 9.80. The lowest BCUT2D eigenvalue weighted by molar-refractivity contribution is 0.486. The lowest BCUT2D eigenvalue weighted by Gasteiger charge is -2.18. The maximum Gasteiger partial charge on any atom is 0.194 e. The Balaban J connectivity index is 1.97. The van der Waals surface area contributed by atoms with Crippen molar-refractivity contribution >= 4 is 5.96 Å². The van der Waals surface area contributed by atoms with E-state index in [-0.39, 0.29) is 0 Å². The fraction of sp³-hybridized carbons (Fsp3) is 0.364. The third kappa shape index (κ3) is 2.05. The fourth-order valence-electron chi connectivity index (χ4n) is 1.57. The summed E-state index contributed by atoms with van der Waals surface area (Å²) in [7, 11) is 2.06. The second kappa shape index (κ2) is 4.13. The summed E-state index contributed by atoms with van der Waals surface area (Å²) in [4.78, 5) is 6.50. The van der Waals surface area contributed by atoms with E-state index in [0.29, 0.717) is 0 Å². The van der Waals surface area contributed by atoms with Gasteiger partial charge in [-0.15, -0.1) is 0 Å². The van der Waals surface area contributed by atoms with E-state index in [1.54, 1.807) is 0 Å². The van der Waals surface area contributed by atoms with Gasteiger partial charge >= 0.3 is 0 Å². The number of nitrogens with one attached hydrogen (secondary N) is 1. The molecule has 0 spiro atoms. The molecule has 1 aliphatic heterocycles. The van der Waals surface area contributed by atoms with Crippen LogP contribution in [-0.2, 0) is 6.54 Å². The Labute approximate surface area is 84.5 Å². The van der Waals surface area contributed by atoms with Gasteiger partial charge in [0.1, 0.15) is 0 Å². The molecule has 0 aliphatic carbocycles. The molecule has 1 aromatic rings. The highest BCUT2D eigenvalue weighted by molar-refractivity contribution is 5.81. The molecule has 1 heterocycles. The van der Waals surface area contributed by atoms with E-state index in [0.717, 1.165) is 25.6 Å². The number of hydrogen-bond donors (Lipinski definition) is 1. The first-order valence-electron chi connectivity index (χ1n) is 4.89. The number of aliphatic imine (C=N–C) groups is 1. The van der Waals surface area contributed by atoms with Crippen LogP contribution in [-0.4, -0.2) is 31.0 Å². The van der Waals surface area contributed by atoms with Crippen LogP contribution in [0.25, 0.3) is 0 Å². The molecule has 0 radical (unpaired) electrons. The first-order valence-corrected chi connectivity index (χ1v) is 4.89. The molecule has 0 saturated heterocycles. The van der Waals surface area contributed by atoms with Gasteiger partial charge in [-0.3, -0.25) is 4.99 Å². The van der Waals surface area contributed by atoms with Crippen molar-refractivity contribution in [3.8, 4) is 0 Å². The molecular formula is C11H15N3. The predicted octanol–water partition coefficient (Wildman–Crippen LogP) is 1.08. The summed E-state index contributed by atoms with van der Waals surface area (Å²) in [5.74, 6) is 1.01. The monoisotopic (exact) mass is 189 g/mol. The minimum atomic E-state index is 0.897. The van der Waals surface area contributed by atoms with Gasteiger partial charge in [-0.2, -0.15) is 0 Å². The smallest absolute Gasteiger partial charge is 0.194 e. The van der Waals surface area contributed by atoms with Crippen molar-refractivity contribution < 1.29 is 0 Å². The van der Waals surface area contributed by atoms with Crippen LogP contribution < -0.4 is 5.32 Å². The van der Waals surface area contributed by atoms with Crippen LogP contribution in [0.1, 0.15) is 5.56 Å². The van der Waals surface area contributed by atoms with Gasteiger partial charge in [-0.1, -0.05) is 30.3 Å². The second-order valence-electron chi connectivity index (χ2n) is 3.47. The Morgan fingerprint density at radius 2 is 2.14 bits per heavy atom. The first-order chi connectivity index (χ1) is 6.86. The van der Waals surface area contributed by atoms with E-state index in [2.05, 4.69) is 46.5 Å². The number of rotatable bonds is 2. The molecule has 74 valence electrons. The third-order valence-corrected chi connectivity index (χ3v) is 2.28. The van der Waals surface area contributed by atoms with Gasteiger partial charge in [0, 0.05) is 20.1 Å². The molecular weight excluding hydrogens is 174 g/mol. The van der Waals surface area contributed by atoms with Gasteiger partial charge in [0.15, 0.2) is 5.96 Å². The van der Waals surface area contributed by atoms with Crippen molar-refractivity contribution in [3.63, 3.8) is 0 Å². The minimum Gasteiger partial charge on any atom is -0.354 e. The van der Waals surface area contributed by atoms with E-state index in [9.17, 15) is 0 Å². The van der Waals surface area contributed by atoms with E-state index in [4.69, 9.17) is 0 Å². The van der Waals surface area contributed by atoms with Crippen molar-refractivity contribution in [1.82, 2.24) is 10.2 Å². The predicted molar refractivity (Wildman–Crippen MR) is 58.2 cm³/mol. The molecule has 2 rings (SSSR count). The molecule has 0 fully saturated rings. The molecule has 1 aliphatic rings. The average Bonchev–Trinajstić information content (AvgIpc) is 2.72. The molecule has 1 aromatic carbocycles. The van der Waals surface area contributed by atoms with Gasteiger partial charge in [0.25, 0.3) is 0 Å². The third-order valence-electron chi connectivity index (χ3n) is 2.28. The Bertz CT molecular complexity index is 319. The van der Waals surface area contributed by atoms with Crippen LogP contribution >= 0.6 is 0 Å². The zero-order valence-corrected chi connectivity index (χ0v) is 8.40. The van der Waals surface area contributed by atoms with Crippen LogP contribution in [0.2, 0.25) is 0 Å². The van der Waals surface area contributed by atoms with Gasteiger partial charge < -0.3 is 10.2 Å². The summed E-state index contributed by atoms with van der Waals surface area (Å²) in [6.45, 7) is 2.77. The lowest BCUT2D eigenvalue weighted by Crippen LogP contribution is -2.35. The molecule has 14 heavy (non-hydrogen) atoms. The SMILES string of the molecule is CN(Cc1ccccc1)C1=NCCN1. The molecule has 0 saturated carbocycles. The standard InChI is InChI=1S/C11H15N3/c1-14(11-12-7-8-13-11)9-10-5-3-2-4-6-10/h2-6H,7-9H2,1H3,(H,12,13). The van der Waals surface area contributed by atoms with Crippen molar-refractivity contribution in [3.05, 3.63) is 35.9 Å². The Kier molecular flexibility index (Phi) is 2.68. The largest absolute Gasteiger partial charge is 0.354 e. The molecule has 0 aromatic heterocycles. The lowest BCUT2D eigenvalue weighted by atomic mass is 10.2. The molecule has 0 atom stereocenters. The van der Waals surface area contributed by atoms with Gasteiger partial charge in [0.05, 0.1) is 6.54 Å². The Morgan fingerprint density at radius 1 is 1.36 bits per heavy atom. The summed E-state index contributed by atoms with van der Waals surface area (Å²) in [5, 5.41) is 3.25. The number of benzene rings is 1. The zero-order valence-electron chi connectivity index (χ0n) is 8.40. The highest BCUT2D eigenvalue weighted by Gasteiger charge is 2.09. The second-order valence-corrected chi connectivity index (χ2v) is 3.47. The number of hydrogen-bond acceptors (Lipinski definition) is 3. The van der Waals surface area contributed by atoms with E-state index >= 15 is 0 Å². The Morgan fingerprint density at radius 3 is 2.79 bits per heavy atom. The summed E-state index contributed by atoms with van der Waals surface area (Å²) >= 11 is 0. The van der Waals surface area contributed by atoms with Gasteiger partial charge in [-0.25, -0.2) is 0 Å². The van der Waals surface area contributed by atoms with Crippen molar-refractivity contribution in [2.24, 2.45) is 4.99 Å². The number of nitrogens with zero attached hydrogens (tertiary/aromatic N) is 2. The van der Waals surface area contributed by atoms with E-state index in [1.165, 1.54) is 5.56 Å². The number of guanidine groups is 1. The van der Waals surface area contributed by atoms with Crippen LogP contribution in [0.3, 0.4) is 0 Å². The van der Waals surface area contributed by atoms with E-state index < -0.39 is 0 Å². The molecule has 0 unspecified atom stereocenters. The van der Waals surface area contributed by atoms with E-state index in [1.807, 2.05) is 6.07 Å². The Hall–Kier alpha value is -1.51. The average molecular weight is 189 g/mol. The van der Waals surface area contributed by atoms with Crippen molar-refractivity contribution in [2.75, 3.05) is 20.1 Å². The summed E-state index contributed by atoms with van der Waals surface area (Å²) in [6, 6.07) is 10.4. The van der Waals surface area contributed by atoms with Gasteiger partial charge in [-0.05, 0) is 5.56 Å². The normalized spacial score (nSPS) is 14.8. The van der Waals surface area contributed by atoms with Crippen LogP contribution in [0.15, 0.2) is 35.3 Å². The molecule has 3 heteroatoms. The topological polar surface area (TPSA) is 27.6 Å². The minimum absolute atomic E-state index is 0.897. The maximum atomic E-state index is 4.36. The first kappa shape index (κ1) is 9.06. The van der Waals surface area contributed by atoms with Crippen LogP contribution in [0.5, 0.6) is 0 Å². The highest BCUT2D eigenvalue weighted by atomic mass is 15.3. The highest BCUT2D eigenvalue weighted by Crippen LogP contribution is 2.03. The van der Waals surface area contributed by atoms with Crippen molar-refractivity contribution in [2.45, 2.75) is 6.54 Å². The summed E-state index contributed by atoms with van der Waals surface area (Å²) in [6.07, 6.45) is 0. The summed E-state index contributed by atoms with van der Waals surface area (Å²) < 4.78 is 0.